The zero-order chi connectivity index (χ0) is 11.3. The molecule has 0 atom stereocenters. The fourth-order valence-electron chi connectivity index (χ4n) is 1.64. The van der Waals surface area contributed by atoms with Crippen molar-refractivity contribution in [1.29, 1.82) is 0 Å². The molecule has 4 nitrogen and oxygen atoms in total. The fourth-order valence-corrected chi connectivity index (χ4v) is 1.64. The molecule has 1 heterocycles. The number of aliphatic hydroxyl groups is 1. The molecule has 0 radical (unpaired) electrons. The molecule has 0 saturated heterocycles. The van der Waals surface area contributed by atoms with Crippen LogP contribution in [-0.4, -0.2) is 33.9 Å². The molecule has 0 aliphatic carbocycles. The Morgan fingerprint density at radius 1 is 1.53 bits per heavy atom. The van der Waals surface area contributed by atoms with Gasteiger partial charge in [-0.25, -0.2) is 4.98 Å². The first-order valence-corrected chi connectivity index (χ1v) is 5.59. The molecule has 0 amide bonds. The van der Waals surface area contributed by atoms with Crippen molar-refractivity contribution in [2.45, 2.75) is 39.8 Å². The molecule has 86 valence electrons. The van der Waals surface area contributed by atoms with Gasteiger partial charge in [0.25, 0.3) is 0 Å². The first-order valence-electron chi connectivity index (χ1n) is 5.59. The lowest BCUT2D eigenvalue weighted by Crippen LogP contribution is -2.34. The van der Waals surface area contributed by atoms with Gasteiger partial charge in [0, 0.05) is 38.1 Å². The summed E-state index contributed by atoms with van der Waals surface area (Å²) < 4.78 is 2.12. The third-order valence-electron chi connectivity index (χ3n) is 2.47. The van der Waals surface area contributed by atoms with E-state index in [0.717, 1.165) is 25.5 Å². The van der Waals surface area contributed by atoms with E-state index in [1.807, 2.05) is 12.4 Å². The molecule has 1 aromatic heterocycles. The predicted molar refractivity (Wildman–Crippen MR) is 62.1 cm³/mol. The van der Waals surface area contributed by atoms with Gasteiger partial charge in [-0.05, 0) is 27.2 Å². The lowest BCUT2D eigenvalue weighted by atomic mass is 10.3. The van der Waals surface area contributed by atoms with Crippen molar-refractivity contribution in [2.24, 2.45) is 0 Å². The third kappa shape index (κ3) is 2.96. The number of aliphatic hydroxyl groups excluding tert-OH is 1. The second kappa shape index (κ2) is 5.75. The highest BCUT2D eigenvalue weighted by atomic mass is 16.3. The van der Waals surface area contributed by atoms with Gasteiger partial charge in [0.15, 0.2) is 0 Å². The molecule has 15 heavy (non-hydrogen) atoms. The standard InChI is InChI=1S/C11H21N3O/c1-4-13-8-6-12-11(13)14(10(2)3)7-5-9-15/h6,8,10,15H,4-5,7,9H2,1-3H3. The number of hydrogen-bond acceptors (Lipinski definition) is 3. The van der Waals surface area contributed by atoms with Gasteiger partial charge in [-0.15, -0.1) is 0 Å². The van der Waals surface area contributed by atoms with Gasteiger partial charge in [0.2, 0.25) is 5.95 Å². The van der Waals surface area contributed by atoms with Crippen molar-refractivity contribution in [3.63, 3.8) is 0 Å². The maximum atomic E-state index is 8.87. The summed E-state index contributed by atoms with van der Waals surface area (Å²) in [6.45, 7) is 8.41. The van der Waals surface area contributed by atoms with Crippen molar-refractivity contribution < 1.29 is 5.11 Å². The second-order valence-electron chi connectivity index (χ2n) is 3.88. The minimum absolute atomic E-state index is 0.232. The van der Waals surface area contributed by atoms with E-state index < -0.39 is 0 Å². The average molecular weight is 211 g/mol. The van der Waals surface area contributed by atoms with Gasteiger partial charge in [-0.2, -0.15) is 0 Å². The Kier molecular flexibility index (Phi) is 4.62. The van der Waals surface area contributed by atoms with Gasteiger partial charge in [-0.3, -0.25) is 0 Å². The molecule has 0 saturated carbocycles. The van der Waals surface area contributed by atoms with E-state index in [4.69, 9.17) is 5.11 Å². The zero-order valence-electron chi connectivity index (χ0n) is 9.85. The van der Waals surface area contributed by atoms with Crippen LogP contribution in [0, 0.1) is 0 Å². The summed E-state index contributed by atoms with van der Waals surface area (Å²) in [7, 11) is 0. The van der Waals surface area contributed by atoms with Crippen LogP contribution >= 0.6 is 0 Å². The Morgan fingerprint density at radius 2 is 2.27 bits per heavy atom. The van der Waals surface area contributed by atoms with Crippen molar-refractivity contribution in [1.82, 2.24) is 9.55 Å². The quantitative estimate of drug-likeness (QED) is 0.775. The number of aromatic nitrogens is 2. The van der Waals surface area contributed by atoms with E-state index in [1.54, 1.807) is 0 Å². The number of hydrogen-bond donors (Lipinski definition) is 1. The minimum atomic E-state index is 0.232. The molecule has 1 rings (SSSR count). The Hall–Kier alpha value is -1.03. The average Bonchev–Trinajstić information content (AvgIpc) is 2.66. The summed E-state index contributed by atoms with van der Waals surface area (Å²) >= 11 is 0. The normalized spacial score (nSPS) is 11.0. The van der Waals surface area contributed by atoms with Gasteiger partial charge in [-0.1, -0.05) is 0 Å². The summed E-state index contributed by atoms with van der Waals surface area (Å²) in [6, 6.07) is 0.407. The van der Waals surface area contributed by atoms with E-state index in [2.05, 4.69) is 35.2 Å². The highest BCUT2D eigenvalue weighted by molar-refractivity contribution is 5.32. The first-order chi connectivity index (χ1) is 7.20. The van der Waals surface area contributed by atoms with Gasteiger partial charge in [0.05, 0.1) is 0 Å². The molecule has 0 unspecified atom stereocenters. The van der Waals surface area contributed by atoms with Crippen LogP contribution in [0.2, 0.25) is 0 Å². The highest BCUT2D eigenvalue weighted by Gasteiger charge is 2.14. The van der Waals surface area contributed by atoms with E-state index in [9.17, 15) is 0 Å². The minimum Gasteiger partial charge on any atom is -0.396 e. The van der Waals surface area contributed by atoms with E-state index in [-0.39, 0.29) is 6.61 Å². The van der Waals surface area contributed by atoms with Crippen molar-refractivity contribution in [2.75, 3.05) is 18.1 Å². The summed E-state index contributed by atoms with van der Waals surface area (Å²) in [5, 5.41) is 8.87. The highest BCUT2D eigenvalue weighted by Crippen LogP contribution is 2.14. The maximum Gasteiger partial charge on any atom is 0.205 e. The molecule has 0 aliphatic rings. The summed E-state index contributed by atoms with van der Waals surface area (Å²) in [5.41, 5.74) is 0. The van der Waals surface area contributed by atoms with E-state index in [0.29, 0.717) is 6.04 Å². The van der Waals surface area contributed by atoms with Crippen LogP contribution in [0.5, 0.6) is 0 Å². The molecular weight excluding hydrogens is 190 g/mol. The van der Waals surface area contributed by atoms with Gasteiger partial charge < -0.3 is 14.6 Å². The molecule has 1 N–H and O–H groups in total. The molecule has 1 aromatic rings. The maximum absolute atomic E-state index is 8.87. The largest absolute Gasteiger partial charge is 0.396 e. The van der Waals surface area contributed by atoms with E-state index >= 15 is 0 Å². The Bertz CT molecular complexity index is 283. The Morgan fingerprint density at radius 3 is 2.80 bits per heavy atom. The van der Waals surface area contributed by atoms with E-state index in [1.165, 1.54) is 0 Å². The number of anilines is 1. The SMILES string of the molecule is CCn1ccnc1N(CCCO)C(C)C. The third-order valence-corrected chi connectivity index (χ3v) is 2.47. The molecule has 0 bridgehead atoms. The molecule has 4 heteroatoms. The van der Waals surface area contributed by atoms with Crippen LogP contribution in [0.1, 0.15) is 27.2 Å². The number of imidazole rings is 1. The van der Waals surface area contributed by atoms with Crippen LogP contribution in [0.25, 0.3) is 0 Å². The second-order valence-corrected chi connectivity index (χ2v) is 3.88. The smallest absolute Gasteiger partial charge is 0.205 e. The predicted octanol–water partition coefficient (Wildman–Crippen LogP) is 1.50. The van der Waals surface area contributed by atoms with Crippen LogP contribution in [-0.2, 0) is 6.54 Å². The number of nitrogens with zero attached hydrogens (tertiary/aromatic N) is 3. The molecule has 0 aromatic carbocycles. The van der Waals surface area contributed by atoms with Gasteiger partial charge >= 0.3 is 0 Å². The van der Waals surface area contributed by atoms with Crippen LogP contribution in [0.15, 0.2) is 12.4 Å². The molecule has 0 fully saturated rings. The number of aryl methyl sites for hydroxylation is 1. The van der Waals surface area contributed by atoms with Crippen molar-refractivity contribution >= 4 is 5.95 Å². The lowest BCUT2D eigenvalue weighted by Gasteiger charge is -2.28. The number of rotatable bonds is 6. The summed E-state index contributed by atoms with van der Waals surface area (Å²) in [4.78, 5) is 6.59. The Balaban J connectivity index is 2.78. The zero-order valence-corrected chi connectivity index (χ0v) is 9.85. The van der Waals surface area contributed by atoms with Gasteiger partial charge in [0.1, 0.15) is 0 Å². The van der Waals surface area contributed by atoms with Crippen LogP contribution in [0.3, 0.4) is 0 Å². The Labute approximate surface area is 91.5 Å². The lowest BCUT2D eigenvalue weighted by molar-refractivity contribution is 0.288. The van der Waals surface area contributed by atoms with Crippen LogP contribution in [0.4, 0.5) is 5.95 Å². The first kappa shape index (κ1) is 12.0. The molecule has 0 spiro atoms. The summed E-state index contributed by atoms with van der Waals surface area (Å²) in [5.74, 6) is 1.00. The van der Waals surface area contributed by atoms with Crippen molar-refractivity contribution in [3.8, 4) is 0 Å². The topological polar surface area (TPSA) is 41.3 Å². The molecular formula is C11H21N3O. The fraction of sp³-hybridized carbons (Fsp3) is 0.727. The van der Waals surface area contributed by atoms with Crippen LogP contribution < -0.4 is 4.90 Å². The summed E-state index contributed by atoms with van der Waals surface area (Å²) in [6.07, 6.45) is 4.60. The molecule has 0 aliphatic heterocycles. The van der Waals surface area contributed by atoms with Crippen molar-refractivity contribution in [3.05, 3.63) is 12.4 Å². The monoisotopic (exact) mass is 211 g/mol.